The van der Waals surface area contributed by atoms with Gasteiger partial charge in [0.05, 0.1) is 23.7 Å². The van der Waals surface area contributed by atoms with Crippen molar-refractivity contribution in [1.82, 2.24) is 5.32 Å². The predicted molar refractivity (Wildman–Crippen MR) is 131 cm³/mol. The van der Waals surface area contributed by atoms with E-state index in [1.807, 2.05) is 57.2 Å². The molecule has 174 valence electrons. The summed E-state index contributed by atoms with van der Waals surface area (Å²) in [4.78, 5) is 13.1. The van der Waals surface area contributed by atoms with Crippen LogP contribution < -0.4 is 14.8 Å². The number of anilines is 1. The minimum absolute atomic E-state index is 0.0765. The van der Waals surface area contributed by atoms with Crippen LogP contribution in [0, 0.1) is 20.8 Å². The second-order valence-corrected chi connectivity index (χ2v) is 9.76. The van der Waals surface area contributed by atoms with Gasteiger partial charge in [0, 0.05) is 5.56 Å². The number of ether oxygens (including phenoxy) is 1. The van der Waals surface area contributed by atoms with Gasteiger partial charge in [0.2, 0.25) is 0 Å². The van der Waals surface area contributed by atoms with Crippen molar-refractivity contribution in [3.8, 4) is 5.75 Å². The molecule has 33 heavy (non-hydrogen) atoms. The first-order valence-electron chi connectivity index (χ1n) is 10.8. The zero-order valence-electron chi connectivity index (χ0n) is 19.6. The Morgan fingerprint density at radius 2 is 1.64 bits per heavy atom. The number of methoxy groups -OCH3 is 1. The van der Waals surface area contributed by atoms with Crippen molar-refractivity contribution in [2.45, 2.75) is 45.1 Å². The summed E-state index contributed by atoms with van der Waals surface area (Å²) in [6.45, 7) is 7.50. The first-order chi connectivity index (χ1) is 15.6. The molecule has 0 aromatic heterocycles. The summed E-state index contributed by atoms with van der Waals surface area (Å²) >= 11 is 0. The number of amides is 1. The molecular formula is C26H30N2O4S. The number of rotatable bonds is 8. The van der Waals surface area contributed by atoms with E-state index in [0.29, 0.717) is 17.7 Å². The normalized spacial score (nSPS) is 12.2. The summed E-state index contributed by atoms with van der Waals surface area (Å²) in [6, 6.07) is 17.5. The van der Waals surface area contributed by atoms with Crippen molar-refractivity contribution >= 4 is 21.6 Å². The third kappa shape index (κ3) is 5.73. The summed E-state index contributed by atoms with van der Waals surface area (Å²) < 4.78 is 34.1. The van der Waals surface area contributed by atoms with E-state index in [1.54, 1.807) is 32.2 Å². The van der Waals surface area contributed by atoms with Crippen LogP contribution >= 0.6 is 0 Å². The van der Waals surface area contributed by atoms with Crippen molar-refractivity contribution in [3.05, 3.63) is 88.5 Å². The molecule has 0 bridgehead atoms. The Balaban J connectivity index is 1.85. The first-order valence-corrected chi connectivity index (χ1v) is 12.3. The van der Waals surface area contributed by atoms with Crippen LogP contribution in [0.2, 0.25) is 0 Å². The maximum atomic E-state index is 13.1. The number of hydrogen-bond acceptors (Lipinski definition) is 4. The van der Waals surface area contributed by atoms with E-state index >= 15 is 0 Å². The Labute approximate surface area is 196 Å². The molecule has 0 fully saturated rings. The zero-order valence-corrected chi connectivity index (χ0v) is 20.4. The number of nitrogens with one attached hydrogen (secondary N) is 2. The smallest absolute Gasteiger partial charge is 0.262 e. The molecule has 2 N–H and O–H groups in total. The van der Waals surface area contributed by atoms with E-state index < -0.39 is 10.0 Å². The molecule has 3 aromatic rings. The number of carbonyl (C=O) groups excluding carboxylic acids is 1. The van der Waals surface area contributed by atoms with Gasteiger partial charge < -0.3 is 10.1 Å². The highest BCUT2D eigenvalue weighted by molar-refractivity contribution is 7.92. The fourth-order valence-corrected chi connectivity index (χ4v) is 5.06. The van der Waals surface area contributed by atoms with E-state index in [0.717, 1.165) is 22.4 Å². The van der Waals surface area contributed by atoms with Crippen molar-refractivity contribution < 1.29 is 17.9 Å². The van der Waals surface area contributed by atoms with E-state index in [1.165, 1.54) is 6.07 Å². The van der Waals surface area contributed by atoms with Gasteiger partial charge in [-0.2, -0.15) is 0 Å². The van der Waals surface area contributed by atoms with E-state index in [4.69, 9.17) is 4.74 Å². The molecular weight excluding hydrogens is 436 g/mol. The average Bonchev–Trinajstić information content (AvgIpc) is 2.79. The molecule has 0 spiro atoms. The van der Waals surface area contributed by atoms with E-state index in [2.05, 4.69) is 10.0 Å². The molecule has 0 aliphatic carbocycles. The fraction of sp³-hybridized carbons (Fsp3) is 0.269. The number of aryl methyl sites for hydroxylation is 3. The maximum absolute atomic E-state index is 13.1. The molecule has 0 saturated heterocycles. The Morgan fingerprint density at radius 3 is 2.24 bits per heavy atom. The quantitative estimate of drug-likeness (QED) is 0.472. The largest absolute Gasteiger partial charge is 0.497 e. The van der Waals surface area contributed by atoms with Gasteiger partial charge in [-0.25, -0.2) is 8.42 Å². The molecule has 3 rings (SSSR count). The Hall–Kier alpha value is -3.32. The molecule has 1 atom stereocenters. The summed E-state index contributed by atoms with van der Waals surface area (Å²) in [5, 5.41) is 3.00. The second kappa shape index (κ2) is 10.1. The fourth-order valence-electron chi connectivity index (χ4n) is 3.66. The van der Waals surface area contributed by atoms with Gasteiger partial charge in [0.15, 0.2) is 0 Å². The Kier molecular flexibility index (Phi) is 7.43. The molecule has 0 unspecified atom stereocenters. The van der Waals surface area contributed by atoms with Crippen molar-refractivity contribution in [1.29, 1.82) is 0 Å². The molecule has 1 amide bonds. The minimum atomic E-state index is -3.87. The topological polar surface area (TPSA) is 84.5 Å². The lowest BCUT2D eigenvalue weighted by Crippen LogP contribution is -2.28. The van der Waals surface area contributed by atoms with Crippen LogP contribution in [-0.2, 0) is 10.0 Å². The van der Waals surface area contributed by atoms with Crippen LogP contribution in [0.3, 0.4) is 0 Å². The molecule has 0 heterocycles. The highest BCUT2D eigenvalue weighted by Crippen LogP contribution is 2.25. The van der Waals surface area contributed by atoms with E-state index in [9.17, 15) is 13.2 Å². The second-order valence-electron chi connectivity index (χ2n) is 8.11. The van der Waals surface area contributed by atoms with Crippen LogP contribution in [0.5, 0.6) is 5.75 Å². The highest BCUT2D eigenvalue weighted by Gasteiger charge is 2.21. The average molecular weight is 467 g/mol. The molecule has 0 saturated carbocycles. The molecule has 6 nitrogen and oxygen atoms in total. The third-order valence-corrected chi connectivity index (χ3v) is 7.11. The number of hydrogen-bond donors (Lipinski definition) is 2. The lowest BCUT2D eigenvalue weighted by molar-refractivity contribution is 0.0935. The molecule has 3 aromatic carbocycles. The maximum Gasteiger partial charge on any atom is 0.262 e. The lowest BCUT2D eigenvalue weighted by atomic mass is 10.0. The predicted octanol–water partition coefficient (Wildman–Crippen LogP) is 5.30. The van der Waals surface area contributed by atoms with Crippen LogP contribution in [0.1, 0.15) is 52.0 Å². The van der Waals surface area contributed by atoms with Crippen LogP contribution in [0.15, 0.2) is 65.6 Å². The molecule has 7 heteroatoms. The summed E-state index contributed by atoms with van der Waals surface area (Å²) in [5.74, 6) is 0.408. The standard InChI is InChI=1S/C26H30N2O4S/c1-6-23(20-10-12-22(32-5)13-11-20)27-26(29)21-9-8-18(3)25(16-21)33(30,31)28-24-14-7-17(2)15-19(24)4/h7-16,23,28H,6H2,1-5H3,(H,27,29)/t23-/m1/s1. The monoisotopic (exact) mass is 466 g/mol. The van der Waals surface area contributed by atoms with Gasteiger partial charge in [-0.3, -0.25) is 9.52 Å². The van der Waals surface area contributed by atoms with Crippen LogP contribution in [-0.4, -0.2) is 21.4 Å². The van der Waals surface area contributed by atoms with Gasteiger partial charge in [0.1, 0.15) is 5.75 Å². The number of benzene rings is 3. The van der Waals surface area contributed by atoms with Gasteiger partial charge >= 0.3 is 0 Å². The van der Waals surface area contributed by atoms with Crippen molar-refractivity contribution in [3.63, 3.8) is 0 Å². The van der Waals surface area contributed by atoms with Gasteiger partial charge in [-0.05, 0) is 74.2 Å². The summed E-state index contributed by atoms with van der Waals surface area (Å²) in [7, 11) is -2.27. The summed E-state index contributed by atoms with van der Waals surface area (Å²) in [5.41, 5.74) is 4.19. The SMILES string of the molecule is CC[C@@H](NC(=O)c1ccc(C)c(S(=O)(=O)Nc2ccc(C)cc2C)c1)c1ccc(OC)cc1. The molecule has 0 aliphatic heterocycles. The lowest BCUT2D eigenvalue weighted by Gasteiger charge is -2.19. The highest BCUT2D eigenvalue weighted by atomic mass is 32.2. The Bertz CT molecular complexity index is 1250. The van der Waals surface area contributed by atoms with Crippen molar-refractivity contribution in [2.24, 2.45) is 0 Å². The van der Waals surface area contributed by atoms with Gasteiger partial charge in [0.25, 0.3) is 15.9 Å². The Morgan fingerprint density at radius 1 is 0.939 bits per heavy atom. The van der Waals surface area contributed by atoms with Crippen LogP contribution in [0.25, 0.3) is 0 Å². The number of sulfonamides is 1. The molecule has 0 aliphatic rings. The van der Waals surface area contributed by atoms with E-state index in [-0.39, 0.29) is 22.4 Å². The van der Waals surface area contributed by atoms with Crippen LogP contribution in [0.4, 0.5) is 5.69 Å². The number of carbonyl (C=O) groups is 1. The minimum Gasteiger partial charge on any atom is -0.497 e. The third-order valence-electron chi connectivity index (χ3n) is 5.60. The summed E-state index contributed by atoms with van der Waals surface area (Å²) in [6.07, 6.45) is 0.684. The first kappa shape index (κ1) is 24.3. The zero-order chi connectivity index (χ0) is 24.2. The molecule has 0 radical (unpaired) electrons. The van der Waals surface area contributed by atoms with Gasteiger partial charge in [-0.15, -0.1) is 0 Å². The van der Waals surface area contributed by atoms with Gasteiger partial charge in [-0.1, -0.05) is 42.8 Å². The van der Waals surface area contributed by atoms with Crippen molar-refractivity contribution in [2.75, 3.05) is 11.8 Å².